The lowest BCUT2D eigenvalue weighted by Crippen LogP contribution is -2.14. The normalized spacial score (nSPS) is 11.1. The summed E-state index contributed by atoms with van der Waals surface area (Å²) in [6.07, 6.45) is 0. The topological polar surface area (TPSA) is 85.6 Å². The monoisotopic (exact) mass is 394 g/mol. The Hall–Kier alpha value is -4.13. The third kappa shape index (κ3) is 3.06. The lowest BCUT2D eigenvalue weighted by Gasteiger charge is -2.09. The summed E-state index contributed by atoms with van der Waals surface area (Å²) >= 11 is 0. The van der Waals surface area contributed by atoms with E-state index >= 15 is 0 Å². The molecule has 5 rings (SSSR count). The lowest BCUT2D eigenvalue weighted by atomic mass is 10.0. The molecule has 2 aromatic carbocycles. The molecule has 0 radical (unpaired) electrons. The minimum absolute atomic E-state index is 0.278. The highest BCUT2D eigenvalue weighted by Gasteiger charge is 2.20. The number of pyridine rings is 1. The summed E-state index contributed by atoms with van der Waals surface area (Å²) in [7, 11) is 1.83. The fraction of sp³-hybridized carbons (Fsp3) is 0.0870. The summed E-state index contributed by atoms with van der Waals surface area (Å²) < 4.78 is 1.70. The van der Waals surface area contributed by atoms with Gasteiger partial charge in [-0.3, -0.25) is 9.48 Å². The van der Waals surface area contributed by atoms with E-state index in [0.717, 1.165) is 27.5 Å². The number of aryl methyl sites for hydroxylation is 2. The maximum absolute atomic E-state index is 13.3. The maximum Gasteiger partial charge on any atom is 0.257 e. The third-order valence-electron chi connectivity index (χ3n) is 5.02. The van der Waals surface area contributed by atoms with Crippen molar-refractivity contribution >= 4 is 33.7 Å². The highest BCUT2D eigenvalue weighted by atomic mass is 16.1. The van der Waals surface area contributed by atoms with E-state index in [4.69, 9.17) is 4.98 Å². The van der Waals surface area contributed by atoms with Crippen molar-refractivity contribution in [3.63, 3.8) is 0 Å². The molecule has 0 saturated heterocycles. The molecule has 0 aliphatic rings. The molecule has 3 heterocycles. The van der Waals surface area contributed by atoms with Crippen molar-refractivity contribution in [1.29, 1.82) is 0 Å². The van der Waals surface area contributed by atoms with Gasteiger partial charge in [0.1, 0.15) is 0 Å². The van der Waals surface area contributed by atoms with Crippen LogP contribution in [0.5, 0.6) is 0 Å². The van der Waals surface area contributed by atoms with E-state index in [2.05, 4.69) is 20.6 Å². The Bertz CT molecular complexity index is 1410. The van der Waals surface area contributed by atoms with E-state index in [1.165, 1.54) is 0 Å². The van der Waals surface area contributed by atoms with Gasteiger partial charge in [-0.1, -0.05) is 48.5 Å². The number of carbonyl (C=O) groups is 1. The van der Waals surface area contributed by atoms with Crippen LogP contribution in [0.15, 0.2) is 66.7 Å². The first kappa shape index (κ1) is 17.9. The Kier molecular flexibility index (Phi) is 4.21. The van der Waals surface area contributed by atoms with Crippen molar-refractivity contribution in [1.82, 2.24) is 25.0 Å². The molecule has 0 bridgehead atoms. The Labute approximate surface area is 172 Å². The Morgan fingerprint density at radius 2 is 1.73 bits per heavy atom. The summed E-state index contributed by atoms with van der Waals surface area (Å²) in [6.45, 7) is 1.87. The van der Waals surface area contributed by atoms with E-state index < -0.39 is 0 Å². The quantitative estimate of drug-likeness (QED) is 0.497. The van der Waals surface area contributed by atoms with Gasteiger partial charge in [-0.25, -0.2) is 4.98 Å². The minimum atomic E-state index is -0.278. The van der Waals surface area contributed by atoms with E-state index in [-0.39, 0.29) is 5.91 Å². The predicted octanol–water partition coefficient (Wildman–Crippen LogP) is 4.14. The second-order valence-corrected chi connectivity index (χ2v) is 7.07. The number of nitrogens with one attached hydrogen (secondary N) is 1. The summed E-state index contributed by atoms with van der Waals surface area (Å²) in [5.41, 5.74) is 4.31. The van der Waals surface area contributed by atoms with Gasteiger partial charge in [0.25, 0.3) is 5.91 Å². The molecule has 0 fully saturated rings. The zero-order valence-electron chi connectivity index (χ0n) is 16.5. The van der Waals surface area contributed by atoms with Gasteiger partial charge in [0.05, 0.1) is 27.9 Å². The fourth-order valence-electron chi connectivity index (χ4n) is 3.61. The van der Waals surface area contributed by atoms with E-state index in [1.54, 1.807) is 10.7 Å². The van der Waals surface area contributed by atoms with Crippen molar-refractivity contribution in [2.45, 2.75) is 6.92 Å². The molecule has 0 saturated carbocycles. The van der Waals surface area contributed by atoms with Crippen LogP contribution in [0.25, 0.3) is 33.2 Å². The van der Waals surface area contributed by atoms with Gasteiger partial charge in [-0.2, -0.15) is 5.10 Å². The number of hydrogen-bond donors (Lipinski definition) is 1. The highest BCUT2D eigenvalue weighted by Crippen LogP contribution is 2.27. The van der Waals surface area contributed by atoms with Crippen LogP contribution in [0, 0.1) is 6.92 Å². The number of nitrogens with zero attached hydrogens (tertiary/aromatic N) is 5. The first-order valence-corrected chi connectivity index (χ1v) is 9.54. The molecule has 30 heavy (non-hydrogen) atoms. The molecule has 0 atom stereocenters. The van der Waals surface area contributed by atoms with Crippen LogP contribution >= 0.6 is 0 Å². The molecule has 146 valence electrons. The zero-order valence-corrected chi connectivity index (χ0v) is 16.5. The van der Waals surface area contributed by atoms with Crippen LogP contribution in [0.2, 0.25) is 0 Å². The van der Waals surface area contributed by atoms with Gasteiger partial charge in [0, 0.05) is 18.0 Å². The number of amides is 1. The molecule has 7 nitrogen and oxygen atoms in total. The molecule has 1 amide bonds. The van der Waals surface area contributed by atoms with Crippen molar-refractivity contribution in [3.8, 4) is 11.3 Å². The SMILES string of the molecule is Cc1nn(C)c2nc(-c3ccccc3)cc(C(=O)Nc3cc4ccccc4nn3)c12. The van der Waals surface area contributed by atoms with E-state index in [9.17, 15) is 4.79 Å². The maximum atomic E-state index is 13.3. The van der Waals surface area contributed by atoms with Crippen molar-refractivity contribution in [2.75, 3.05) is 5.32 Å². The number of anilines is 1. The van der Waals surface area contributed by atoms with Gasteiger partial charge in [-0.15, -0.1) is 10.2 Å². The molecule has 0 spiro atoms. The molecule has 3 aromatic heterocycles. The van der Waals surface area contributed by atoms with Gasteiger partial charge in [0.15, 0.2) is 11.5 Å². The largest absolute Gasteiger partial charge is 0.305 e. The standard InChI is InChI=1S/C23H18N6O/c1-14-21-17(23(30)25-20-12-16-10-6-7-11-18(16)26-27-20)13-19(15-8-4-3-5-9-15)24-22(21)29(2)28-14/h3-13H,1-2H3,(H,25,27,30). The second-order valence-electron chi connectivity index (χ2n) is 7.07. The van der Waals surface area contributed by atoms with Crippen LogP contribution < -0.4 is 5.32 Å². The zero-order chi connectivity index (χ0) is 20.7. The molecule has 5 aromatic rings. The molecular formula is C23H18N6O. The van der Waals surface area contributed by atoms with Crippen LogP contribution in [0.3, 0.4) is 0 Å². The number of benzene rings is 2. The summed E-state index contributed by atoms with van der Waals surface area (Å²) in [5, 5.41) is 17.3. The average molecular weight is 394 g/mol. The van der Waals surface area contributed by atoms with Crippen molar-refractivity contribution in [3.05, 3.63) is 78.0 Å². The van der Waals surface area contributed by atoms with Crippen molar-refractivity contribution < 1.29 is 4.79 Å². The number of carbonyl (C=O) groups excluding carboxylic acids is 1. The van der Waals surface area contributed by atoms with Gasteiger partial charge < -0.3 is 5.32 Å². The number of rotatable bonds is 3. The molecular weight excluding hydrogens is 376 g/mol. The first-order chi connectivity index (χ1) is 14.6. The summed E-state index contributed by atoms with van der Waals surface area (Å²) in [5.74, 6) is 0.117. The number of hydrogen-bond acceptors (Lipinski definition) is 5. The van der Waals surface area contributed by atoms with E-state index in [0.29, 0.717) is 22.7 Å². The number of fused-ring (bicyclic) bond motifs is 2. The second kappa shape index (κ2) is 7.04. The average Bonchev–Trinajstić information content (AvgIpc) is 3.07. The molecule has 0 unspecified atom stereocenters. The van der Waals surface area contributed by atoms with E-state index in [1.807, 2.05) is 74.6 Å². The summed E-state index contributed by atoms with van der Waals surface area (Å²) in [4.78, 5) is 18.0. The van der Waals surface area contributed by atoms with Crippen LogP contribution in [0.1, 0.15) is 16.1 Å². The Balaban J connectivity index is 1.61. The summed E-state index contributed by atoms with van der Waals surface area (Å²) in [6, 6.07) is 21.0. The van der Waals surface area contributed by atoms with Gasteiger partial charge in [-0.05, 0) is 25.1 Å². The molecule has 1 N–H and O–H groups in total. The Morgan fingerprint density at radius 1 is 0.967 bits per heavy atom. The van der Waals surface area contributed by atoms with Crippen LogP contribution in [0.4, 0.5) is 5.82 Å². The number of aromatic nitrogens is 5. The van der Waals surface area contributed by atoms with Crippen molar-refractivity contribution in [2.24, 2.45) is 7.05 Å². The molecule has 7 heteroatoms. The first-order valence-electron chi connectivity index (χ1n) is 9.54. The van der Waals surface area contributed by atoms with Crippen LogP contribution in [-0.4, -0.2) is 30.9 Å². The Morgan fingerprint density at radius 3 is 2.57 bits per heavy atom. The molecule has 0 aliphatic heterocycles. The van der Waals surface area contributed by atoms with Gasteiger partial charge in [0.2, 0.25) is 0 Å². The smallest absolute Gasteiger partial charge is 0.257 e. The van der Waals surface area contributed by atoms with Crippen LogP contribution in [-0.2, 0) is 7.05 Å². The minimum Gasteiger partial charge on any atom is -0.305 e. The predicted molar refractivity (Wildman–Crippen MR) is 116 cm³/mol. The fourth-order valence-corrected chi connectivity index (χ4v) is 3.61. The molecule has 0 aliphatic carbocycles. The lowest BCUT2D eigenvalue weighted by molar-refractivity contribution is 0.102. The third-order valence-corrected chi connectivity index (χ3v) is 5.02. The van der Waals surface area contributed by atoms with Gasteiger partial charge >= 0.3 is 0 Å². The highest BCUT2D eigenvalue weighted by molar-refractivity contribution is 6.13.